The van der Waals surface area contributed by atoms with Crippen LogP contribution in [0.15, 0.2) is 34.8 Å². The maximum atomic E-state index is 10.8. The minimum Gasteiger partial charge on any atom is -0.258 e. The molecule has 5 heteroatoms. The molecular formula is C10H5BrINO2. The number of hydrogen-bond donors (Lipinski definition) is 0. The fraction of sp³-hybridized carbons (Fsp3) is 0. The number of benzene rings is 2. The molecule has 0 atom stereocenters. The Hall–Kier alpha value is -0.690. The van der Waals surface area contributed by atoms with Crippen molar-refractivity contribution < 1.29 is 4.92 Å². The first kappa shape index (κ1) is 10.8. The monoisotopic (exact) mass is 377 g/mol. The van der Waals surface area contributed by atoms with Crippen LogP contribution >= 0.6 is 38.5 Å². The maximum absolute atomic E-state index is 10.8. The molecule has 0 aromatic heterocycles. The van der Waals surface area contributed by atoms with E-state index in [1.807, 2.05) is 46.9 Å². The van der Waals surface area contributed by atoms with Gasteiger partial charge in [-0.3, -0.25) is 10.1 Å². The van der Waals surface area contributed by atoms with E-state index in [1.54, 1.807) is 6.07 Å². The summed E-state index contributed by atoms with van der Waals surface area (Å²) in [6, 6.07) is 9.15. The summed E-state index contributed by atoms with van der Waals surface area (Å²) in [5.74, 6) is 0. The summed E-state index contributed by atoms with van der Waals surface area (Å²) < 4.78 is 1.43. The molecule has 0 aliphatic carbocycles. The lowest BCUT2D eigenvalue weighted by Crippen LogP contribution is -1.92. The van der Waals surface area contributed by atoms with E-state index in [9.17, 15) is 10.1 Å². The summed E-state index contributed by atoms with van der Waals surface area (Å²) in [6.45, 7) is 0. The second-order valence-electron chi connectivity index (χ2n) is 2.99. The van der Waals surface area contributed by atoms with E-state index >= 15 is 0 Å². The van der Waals surface area contributed by atoms with Crippen molar-refractivity contribution in [3.63, 3.8) is 0 Å². The molecule has 2 rings (SSSR count). The van der Waals surface area contributed by atoms with Crippen LogP contribution in [0.5, 0.6) is 0 Å². The van der Waals surface area contributed by atoms with E-state index in [0.717, 1.165) is 15.2 Å². The lowest BCUT2D eigenvalue weighted by Gasteiger charge is -2.03. The summed E-state index contributed by atoms with van der Waals surface area (Å²) in [5.41, 5.74) is 0.140. The van der Waals surface area contributed by atoms with Gasteiger partial charge in [-0.15, -0.1) is 0 Å². The SMILES string of the molecule is O=[N+]([O-])c1cc(Br)c2ccccc2c1I. The average molecular weight is 378 g/mol. The number of rotatable bonds is 1. The molecule has 0 heterocycles. The quantitative estimate of drug-likeness (QED) is 0.426. The van der Waals surface area contributed by atoms with Crippen molar-refractivity contribution in [1.29, 1.82) is 0 Å². The Bertz CT molecular complexity index is 556. The van der Waals surface area contributed by atoms with E-state index in [2.05, 4.69) is 15.9 Å². The molecule has 3 nitrogen and oxygen atoms in total. The van der Waals surface area contributed by atoms with Crippen LogP contribution in [0.1, 0.15) is 0 Å². The van der Waals surface area contributed by atoms with Gasteiger partial charge in [0.15, 0.2) is 0 Å². The highest BCUT2D eigenvalue weighted by Gasteiger charge is 2.16. The summed E-state index contributed by atoms with van der Waals surface area (Å²) in [5, 5.41) is 12.7. The predicted molar refractivity (Wildman–Crippen MR) is 71.0 cm³/mol. The lowest BCUT2D eigenvalue weighted by molar-refractivity contribution is -0.385. The van der Waals surface area contributed by atoms with Crippen LogP contribution in [-0.4, -0.2) is 4.92 Å². The van der Waals surface area contributed by atoms with Crippen LogP contribution in [0.4, 0.5) is 5.69 Å². The predicted octanol–water partition coefficient (Wildman–Crippen LogP) is 4.12. The molecule has 0 aliphatic rings. The first-order chi connectivity index (χ1) is 7.11. The van der Waals surface area contributed by atoms with Crippen molar-refractivity contribution in [2.45, 2.75) is 0 Å². The average Bonchev–Trinajstić information content (AvgIpc) is 2.23. The summed E-state index contributed by atoms with van der Waals surface area (Å²) in [4.78, 5) is 10.4. The van der Waals surface area contributed by atoms with Gasteiger partial charge in [-0.1, -0.05) is 24.3 Å². The third-order valence-corrected chi connectivity index (χ3v) is 3.90. The molecule has 0 amide bonds. The van der Waals surface area contributed by atoms with Crippen molar-refractivity contribution in [2.75, 3.05) is 0 Å². The lowest BCUT2D eigenvalue weighted by atomic mass is 10.1. The van der Waals surface area contributed by atoms with Gasteiger partial charge in [0.2, 0.25) is 0 Å². The van der Waals surface area contributed by atoms with Crippen LogP contribution < -0.4 is 0 Å². The molecule has 0 unspecified atom stereocenters. The van der Waals surface area contributed by atoms with Gasteiger partial charge < -0.3 is 0 Å². The summed E-state index contributed by atoms with van der Waals surface area (Å²) >= 11 is 5.35. The fourth-order valence-corrected chi connectivity index (χ4v) is 2.80. The van der Waals surface area contributed by atoms with Gasteiger partial charge in [0, 0.05) is 15.9 Å². The number of hydrogen-bond acceptors (Lipinski definition) is 2. The second kappa shape index (κ2) is 4.05. The summed E-state index contributed by atoms with van der Waals surface area (Å²) in [7, 11) is 0. The molecule has 0 spiro atoms. The van der Waals surface area contributed by atoms with Crippen LogP contribution in [0, 0.1) is 13.7 Å². The molecule has 2 aromatic carbocycles. The van der Waals surface area contributed by atoms with Crippen molar-refractivity contribution >= 4 is 55.0 Å². The smallest absolute Gasteiger partial charge is 0.258 e. The van der Waals surface area contributed by atoms with E-state index in [1.165, 1.54) is 0 Å². The van der Waals surface area contributed by atoms with Crippen molar-refractivity contribution in [1.82, 2.24) is 0 Å². The number of halogens is 2. The number of fused-ring (bicyclic) bond motifs is 1. The topological polar surface area (TPSA) is 43.1 Å². The standard InChI is InChI=1S/C10H5BrINO2/c11-8-5-9(13(14)15)10(12)7-4-2-1-3-6(7)8/h1-5H. The van der Waals surface area contributed by atoms with Gasteiger partial charge in [0.25, 0.3) is 5.69 Å². The highest BCUT2D eigenvalue weighted by Crippen LogP contribution is 2.34. The molecule has 0 fully saturated rings. The van der Waals surface area contributed by atoms with Gasteiger partial charge in [-0.2, -0.15) is 0 Å². The van der Waals surface area contributed by atoms with Gasteiger partial charge in [0.05, 0.1) is 8.49 Å². The fourth-order valence-electron chi connectivity index (χ4n) is 1.41. The zero-order valence-electron chi connectivity index (χ0n) is 7.41. The molecule has 15 heavy (non-hydrogen) atoms. The first-order valence-corrected chi connectivity index (χ1v) is 5.99. The largest absolute Gasteiger partial charge is 0.284 e. The Morgan fingerprint density at radius 2 is 1.87 bits per heavy atom. The second-order valence-corrected chi connectivity index (χ2v) is 4.93. The van der Waals surface area contributed by atoms with Crippen molar-refractivity contribution in [3.05, 3.63) is 48.5 Å². The molecule has 0 aliphatic heterocycles. The summed E-state index contributed by atoms with van der Waals surface area (Å²) in [6.07, 6.45) is 0. The van der Waals surface area contributed by atoms with Crippen LogP contribution in [0.3, 0.4) is 0 Å². The van der Waals surface area contributed by atoms with E-state index in [0.29, 0.717) is 3.57 Å². The van der Waals surface area contributed by atoms with Crippen LogP contribution in [0.25, 0.3) is 10.8 Å². The zero-order chi connectivity index (χ0) is 11.0. The number of nitro benzene ring substituents is 1. The Morgan fingerprint density at radius 3 is 2.47 bits per heavy atom. The molecule has 0 bridgehead atoms. The highest BCUT2D eigenvalue weighted by molar-refractivity contribution is 14.1. The van der Waals surface area contributed by atoms with Crippen molar-refractivity contribution in [3.8, 4) is 0 Å². The minimum absolute atomic E-state index is 0.140. The molecule has 2 aromatic rings. The molecule has 0 saturated heterocycles. The molecule has 0 radical (unpaired) electrons. The van der Waals surface area contributed by atoms with Gasteiger partial charge in [-0.05, 0) is 43.9 Å². The van der Waals surface area contributed by atoms with E-state index in [-0.39, 0.29) is 10.6 Å². The highest BCUT2D eigenvalue weighted by atomic mass is 127. The van der Waals surface area contributed by atoms with E-state index < -0.39 is 0 Å². The van der Waals surface area contributed by atoms with Crippen LogP contribution in [0.2, 0.25) is 0 Å². The Balaban J connectivity index is 2.90. The van der Waals surface area contributed by atoms with Gasteiger partial charge >= 0.3 is 0 Å². The Labute approximate surface area is 108 Å². The Kier molecular flexibility index (Phi) is 2.92. The molecule has 0 saturated carbocycles. The minimum atomic E-state index is -0.362. The molecular weight excluding hydrogens is 373 g/mol. The Morgan fingerprint density at radius 1 is 1.27 bits per heavy atom. The first-order valence-electron chi connectivity index (χ1n) is 4.12. The third-order valence-electron chi connectivity index (χ3n) is 2.11. The normalized spacial score (nSPS) is 10.5. The van der Waals surface area contributed by atoms with Gasteiger partial charge in [-0.25, -0.2) is 0 Å². The van der Waals surface area contributed by atoms with Crippen LogP contribution in [-0.2, 0) is 0 Å². The number of nitro groups is 1. The molecule has 0 N–H and O–H groups in total. The van der Waals surface area contributed by atoms with E-state index in [4.69, 9.17) is 0 Å². The van der Waals surface area contributed by atoms with Crippen molar-refractivity contribution in [2.24, 2.45) is 0 Å². The number of nitrogens with zero attached hydrogens (tertiary/aromatic N) is 1. The maximum Gasteiger partial charge on any atom is 0.284 e. The third kappa shape index (κ3) is 1.85. The molecule has 76 valence electrons. The van der Waals surface area contributed by atoms with Gasteiger partial charge in [0.1, 0.15) is 0 Å². The zero-order valence-corrected chi connectivity index (χ0v) is 11.1.